The van der Waals surface area contributed by atoms with E-state index in [1.807, 2.05) is 29.2 Å². The van der Waals surface area contributed by atoms with Crippen molar-refractivity contribution < 1.29 is 14.6 Å². The van der Waals surface area contributed by atoms with E-state index in [1.54, 1.807) is 20.4 Å². The smallest absolute Gasteiger partial charge is 0.136 e. The van der Waals surface area contributed by atoms with E-state index >= 15 is 0 Å². The molecule has 0 fully saturated rings. The maximum atomic E-state index is 9.24. The molecule has 1 heterocycles. The highest BCUT2D eigenvalue weighted by atomic mass is 16.5. The monoisotopic (exact) mass is 276 g/mol. The van der Waals surface area contributed by atoms with Crippen LogP contribution in [0, 0.1) is 0 Å². The zero-order valence-corrected chi connectivity index (χ0v) is 11.9. The Bertz CT molecular complexity index is 560. The minimum Gasteiger partial charge on any atom is -0.497 e. The van der Waals surface area contributed by atoms with Gasteiger partial charge in [-0.1, -0.05) is 6.07 Å². The van der Waals surface area contributed by atoms with Gasteiger partial charge in [0.25, 0.3) is 0 Å². The summed E-state index contributed by atoms with van der Waals surface area (Å²) in [6.45, 7) is 1.86. The van der Waals surface area contributed by atoms with Crippen LogP contribution in [-0.2, 0) is 4.74 Å². The van der Waals surface area contributed by atoms with E-state index in [0.29, 0.717) is 19.7 Å². The van der Waals surface area contributed by atoms with E-state index in [1.165, 1.54) is 0 Å². The molecule has 0 aliphatic heterocycles. The van der Waals surface area contributed by atoms with E-state index in [9.17, 15) is 5.11 Å². The van der Waals surface area contributed by atoms with Gasteiger partial charge in [-0.15, -0.1) is 0 Å². The second-order valence-corrected chi connectivity index (χ2v) is 4.43. The normalized spacial score (nSPS) is 10.8. The van der Waals surface area contributed by atoms with Crippen LogP contribution in [0.2, 0.25) is 0 Å². The van der Waals surface area contributed by atoms with Crippen molar-refractivity contribution in [3.05, 3.63) is 30.5 Å². The highest BCUT2D eigenvalue weighted by Crippen LogP contribution is 2.27. The third kappa shape index (κ3) is 3.18. The minimum atomic E-state index is 0.0751. The van der Waals surface area contributed by atoms with Gasteiger partial charge in [0.2, 0.25) is 0 Å². The number of pyridine rings is 1. The lowest BCUT2D eigenvalue weighted by atomic mass is 10.1. The van der Waals surface area contributed by atoms with Crippen molar-refractivity contribution in [3.63, 3.8) is 0 Å². The summed E-state index contributed by atoms with van der Waals surface area (Å²) in [6, 6.07) is 7.87. The fourth-order valence-electron chi connectivity index (χ4n) is 2.16. The molecule has 1 N–H and O–H groups in total. The molecule has 0 spiro atoms. The number of aliphatic hydroxyl groups is 1. The average Bonchev–Trinajstić information content (AvgIpc) is 2.50. The van der Waals surface area contributed by atoms with Gasteiger partial charge in [-0.25, -0.2) is 4.98 Å². The van der Waals surface area contributed by atoms with Gasteiger partial charge in [0.05, 0.1) is 20.3 Å². The fourth-order valence-corrected chi connectivity index (χ4v) is 2.16. The van der Waals surface area contributed by atoms with Crippen molar-refractivity contribution >= 4 is 16.6 Å². The summed E-state index contributed by atoms with van der Waals surface area (Å²) in [5.74, 6) is 1.63. The molecule has 0 saturated carbocycles. The molecule has 0 saturated heterocycles. The Balaban J connectivity index is 2.43. The number of aliphatic hydroxyl groups excluding tert-OH is 1. The molecule has 0 atom stereocenters. The lowest BCUT2D eigenvalue weighted by molar-refractivity contribution is 0.202. The molecule has 108 valence electrons. The SMILES string of the molecule is COCCN(CCO)c1nccc2ccc(OC)cc12. The van der Waals surface area contributed by atoms with Gasteiger partial charge in [-0.2, -0.15) is 0 Å². The minimum absolute atomic E-state index is 0.0751. The number of anilines is 1. The summed E-state index contributed by atoms with van der Waals surface area (Å²) < 4.78 is 10.4. The first-order valence-electron chi connectivity index (χ1n) is 6.57. The molecule has 1 aromatic carbocycles. The molecule has 0 radical (unpaired) electrons. The van der Waals surface area contributed by atoms with Crippen molar-refractivity contribution in [1.29, 1.82) is 0 Å². The summed E-state index contributed by atoms with van der Waals surface area (Å²) in [4.78, 5) is 6.48. The Labute approximate surface area is 118 Å². The molecule has 0 aliphatic carbocycles. The van der Waals surface area contributed by atoms with Crippen LogP contribution in [0.5, 0.6) is 5.75 Å². The predicted molar refractivity (Wildman–Crippen MR) is 79.5 cm³/mol. The zero-order chi connectivity index (χ0) is 14.4. The molecule has 1 aromatic heterocycles. The van der Waals surface area contributed by atoms with Gasteiger partial charge in [0.15, 0.2) is 0 Å². The van der Waals surface area contributed by atoms with Crippen LogP contribution in [0.25, 0.3) is 10.8 Å². The van der Waals surface area contributed by atoms with Crippen molar-refractivity contribution in [2.24, 2.45) is 0 Å². The molecule has 2 aromatic rings. The molecule has 20 heavy (non-hydrogen) atoms. The number of nitrogens with zero attached hydrogens (tertiary/aromatic N) is 2. The van der Waals surface area contributed by atoms with E-state index in [-0.39, 0.29) is 6.61 Å². The average molecular weight is 276 g/mol. The lowest BCUT2D eigenvalue weighted by Gasteiger charge is -2.24. The van der Waals surface area contributed by atoms with Crippen molar-refractivity contribution in [1.82, 2.24) is 4.98 Å². The molecule has 0 unspecified atom stereocenters. The number of ether oxygens (including phenoxy) is 2. The first-order chi connectivity index (χ1) is 9.80. The summed E-state index contributed by atoms with van der Waals surface area (Å²) in [5.41, 5.74) is 0. The number of methoxy groups -OCH3 is 2. The Morgan fingerprint density at radius 1 is 1.20 bits per heavy atom. The van der Waals surface area contributed by atoms with Gasteiger partial charge < -0.3 is 19.5 Å². The topological polar surface area (TPSA) is 54.8 Å². The third-order valence-electron chi connectivity index (χ3n) is 3.19. The lowest BCUT2D eigenvalue weighted by Crippen LogP contribution is -2.31. The second kappa shape index (κ2) is 7.07. The Morgan fingerprint density at radius 3 is 2.75 bits per heavy atom. The molecule has 0 amide bonds. The van der Waals surface area contributed by atoms with Crippen LogP contribution >= 0.6 is 0 Å². The molecule has 0 bridgehead atoms. The third-order valence-corrected chi connectivity index (χ3v) is 3.19. The summed E-state index contributed by atoms with van der Waals surface area (Å²) in [7, 11) is 3.31. The van der Waals surface area contributed by atoms with Crippen LogP contribution in [-0.4, -0.2) is 50.6 Å². The predicted octanol–water partition coefficient (Wildman–Crippen LogP) is 1.69. The van der Waals surface area contributed by atoms with Crippen LogP contribution in [0.15, 0.2) is 30.5 Å². The Morgan fingerprint density at radius 2 is 2.05 bits per heavy atom. The van der Waals surface area contributed by atoms with E-state index in [0.717, 1.165) is 22.3 Å². The number of hydrogen-bond acceptors (Lipinski definition) is 5. The maximum Gasteiger partial charge on any atom is 0.136 e. The van der Waals surface area contributed by atoms with Gasteiger partial charge in [-0.3, -0.25) is 0 Å². The number of hydrogen-bond donors (Lipinski definition) is 1. The standard InChI is InChI=1S/C15H20N2O3/c1-19-10-8-17(7-9-18)15-14-11-13(20-2)4-3-12(14)5-6-16-15/h3-6,11,18H,7-10H2,1-2H3. The van der Waals surface area contributed by atoms with Crippen molar-refractivity contribution in [2.75, 3.05) is 45.4 Å². The van der Waals surface area contributed by atoms with Crippen LogP contribution < -0.4 is 9.64 Å². The summed E-state index contributed by atoms with van der Waals surface area (Å²) in [5, 5.41) is 11.3. The van der Waals surface area contributed by atoms with Crippen LogP contribution in [0.3, 0.4) is 0 Å². The van der Waals surface area contributed by atoms with Crippen LogP contribution in [0.4, 0.5) is 5.82 Å². The number of fused-ring (bicyclic) bond motifs is 1. The van der Waals surface area contributed by atoms with Gasteiger partial charge in [0, 0.05) is 31.8 Å². The first-order valence-corrected chi connectivity index (χ1v) is 6.57. The summed E-state index contributed by atoms with van der Waals surface area (Å²) in [6.07, 6.45) is 1.78. The second-order valence-electron chi connectivity index (χ2n) is 4.43. The Kier molecular flexibility index (Phi) is 5.15. The number of aromatic nitrogens is 1. The molecular formula is C15H20N2O3. The van der Waals surface area contributed by atoms with Crippen molar-refractivity contribution in [3.8, 4) is 5.75 Å². The number of rotatable bonds is 7. The number of benzene rings is 1. The highest BCUT2D eigenvalue weighted by molar-refractivity contribution is 5.93. The van der Waals surface area contributed by atoms with Gasteiger partial charge in [0.1, 0.15) is 11.6 Å². The van der Waals surface area contributed by atoms with Crippen molar-refractivity contribution in [2.45, 2.75) is 0 Å². The molecule has 5 nitrogen and oxygen atoms in total. The van der Waals surface area contributed by atoms with E-state index in [2.05, 4.69) is 4.98 Å². The molecule has 2 rings (SSSR count). The molecular weight excluding hydrogens is 256 g/mol. The van der Waals surface area contributed by atoms with Gasteiger partial charge in [-0.05, 0) is 23.6 Å². The highest BCUT2D eigenvalue weighted by Gasteiger charge is 2.11. The van der Waals surface area contributed by atoms with Gasteiger partial charge >= 0.3 is 0 Å². The van der Waals surface area contributed by atoms with E-state index < -0.39 is 0 Å². The molecule has 0 aliphatic rings. The quantitative estimate of drug-likeness (QED) is 0.834. The zero-order valence-electron chi connectivity index (χ0n) is 11.9. The first kappa shape index (κ1) is 14.6. The largest absolute Gasteiger partial charge is 0.497 e. The fraction of sp³-hybridized carbons (Fsp3) is 0.400. The molecule has 5 heteroatoms. The van der Waals surface area contributed by atoms with Crippen LogP contribution in [0.1, 0.15) is 0 Å². The summed E-state index contributed by atoms with van der Waals surface area (Å²) >= 11 is 0. The Hall–Kier alpha value is -1.85. The van der Waals surface area contributed by atoms with E-state index in [4.69, 9.17) is 9.47 Å². The maximum absolute atomic E-state index is 9.24.